The molecule has 8 heteroatoms. The molecule has 1 amide bonds. The minimum atomic E-state index is -3.92. The van der Waals surface area contributed by atoms with E-state index in [0.29, 0.717) is 27.8 Å². The number of rotatable bonds is 5. The van der Waals surface area contributed by atoms with Crippen LogP contribution in [-0.4, -0.2) is 14.3 Å². The highest BCUT2D eigenvalue weighted by molar-refractivity contribution is 7.92. The predicted molar refractivity (Wildman–Crippen MR) is 112 cm³/mol. The smallest absolute Gasteiger partial charge is 0.262 e. The van der Waals surface area contributed by atoms with E-state index in [1.165, 1.54) is 18.2 Å². The molecule has 0 atom stereocenters. The fourth-order valence-corrected chi connectivity index (χ4v) is 4.34. The number of benzene rings is 3. The van der Waals surface area contributed by atoms with Gasteiger partial charge in [-0.1, -0.05) is 23.7 Å². The van der Waals surface area contributed by atoms with E-state index >= 15 is 0 Å². The number of nitrogens with one attached hydrogen (secondary N) is 2. The van der Waals surface area contributed by atoms with Crippen molar-refractivity contribution in [1.82, 2.24) is 0 Å². The van der Waals surface area contributed by atoms with Crippen LogP contribution < -0.4 is 14.8 Å². The van der Waals surface area contributed by atoms with Crippen molar-refractivity contribution >= 4 is 38.9 Å². The number of sulfonamides is 1. The number of aryl methyl sites for hydroxylation is 1. The van der Waals surface area contributed by atoms with Crippen LogP contribution in [0.1, 0.15) is 11.1 Å². The number of carbonyl (C=O) groups excluding carboxylic acids is 1. The van der Waals surface area contributed by atoms with Crippen molar-refractivity contribution in [3.8, 4) is 11.5 Å². The van der Waals surface area contributed by atoms with Crippen LogP contribution in [0.15, 0.2) is 65.6 Å². The first kappa shape index (κ1) is 19.3. The van der Waals surface area contributed by atoms with Crippen LogP contribution >= 0.6 is 11.6 Å². The Hall–Kier alpha value is -3.03. The highest BCUT2D eigenvalue weighted by atomic mass is 35.5. The summed E-state index contributed by atoms with van der Waals surface area (Å²) >= 11 is 6.08. The van der Waals surface area contributed by atoms with Crippen molar-refractivity contribution in [2.24, 2.45) is 0 Å². The summed E-state index contributed by atoms with van der Waals surface area (Å²) in [7, 11) is -3.92. The molecule has 0 bridgehead atoms. The number of ether oxygens (including phenoxy) is 1. The monoisotopic (exact) mass is 428 g/mol. The molecule has 0 saturated heterocycles. The second-order valence-electron chi connectivity index (χ2n) is 6.71. The summed E-state index contributed by atoms with van der Waals surface area (Å²) < 4.78 is 34.3. The molecule has 3 aromatic rings. The third-order valence-electron chi connectivity index (χ3n) is 4.42. The maximum absolute atomic E-state index is 12.9. The molecular weight excluding hydrogens is 412 g/mol. The van der Waals surface area contributed by atoms with Crippen molar-refractivity contribution < 1.29 is 17.9 Å². The van der Waals surface area contributed by atoms with Crippen LogP contribution in [0.25, 0.3) is 0 Å². The number of halogens is 1. The molecule has 4 rings (SSSR count). The Morgan fingerprint density at radius 2 is 1.90 bits per heavy atom. The molecule has 29 heavy (non-hydrogen) atoms. The highest BCUT2D eigenvalue weighted by Crippen LogP contribution is 2.34. The lowest BCUT2D eigenvalue weighted by Crippen LogP contribution is -2.14. The topological polar surface area (TPSA) is 84.5 Å². The number of carbonyl (C=O) groups is 1. The molecule has 148 valence electrons. The van der Waals surface area contributed by atoms with Crippen LogP contribution in [0.5, 0.6) is 11.5 Å². The van der Waals surface area contributed by atoms with Crippen LogP contribution in [0.2, 0.25) is 5.02 Å². The minimum Gasteiger partial charge on any atom is -0.455 e. The molecule has 0 aromatic heterocycles. The Balaban J connectivity index is 1.66. The Bertz CT molecular complexity index is 1230. The van der Waals surface area contributed by atoms with Crippen LogP contribution in [0, 0.1) is 6.92 Å². The van der Waals surface area contributed by atoms with Crippen molar-refractivity contribution in [3.05, 3.63) is 76.8 Å². The fourth-order valence-electron chi connectivity index (χ4n) is 3.05. The Morgan fingerprint density at radius 1 is 1.07 bits per heavy atom. The predicted octanol–water partition coefficient (Wildman–Crippen LogP) is 4.74. The number of hydrogen-bond donors (Lipinski definition) is 2. The minimum absolute atomic E-state index is 0.0502. The molecule has 1 aliphatic heterocycles. The van der Waals surface area contributed by atoms with Gasteiger partial charge in [-0.2, -0.15) is 0 Å². The van der Waals surface area contributed by atoms with E-state index in [0.717, 1.165) is 5.56 Å². The lowest BCUT2D eigenvalue weighted by Gasteiger charge is -2.14. The quantitative estimate of drug-likeness (QED) is 0.614. The third-order valence-corrected chi connectivity index (χ3v) is 6.01. The molecule has 0 saturated carbocycles. The van der Waals surface area contributed by atoms with Gasteiger partial charge in [-0.05, 0) is 66.6 Å². The van der Waals surface area contributed by atoms with E-state index in [2.05, 4.69) is 10.0 Å². The van der Waals surface area contributed by atoms with Crippen molar-refractivity contribution in [2.45, 2.75) is 18.2 Å². The van der Waals surface area contributed by atoms with E-state index < -0.39 is 10.0 Å². The summed E-state index contributed by atoms with van der Waals surface area (Å²) in [6.45, 7) is 1.94. The van der Waals surface area contributed by atoms with Crippen LogP contribution in [-0.2, 0) is 21.2 Å². The van der Waals surface area contributed by atoms with Gasteiger partial charge in [-0.3, -0.25) is 9.52 Å². The third kappa shape index (κ3) is 4.21. The molecular formula is C21H17ClN2O4S. The molecule has 1 aliphatic rings. The summed E-state index contributed by atoms with van der Waals surface area (Å²) in [6.07, 6.45) is 0.150. The second kappa shape index (κ2) is 7.42. The molecule has 0 fully saturated rings. The van der Waals surface area contributed by atoms with E-state index in [9.17, 15) is 13.2 Å². The van der Waals surface area contributed by atoms with Gasteiger partial charge in [0, 0.05) is 10.7 Å². The fraction of sp³-hybridized carbons (Fsp3) is 0.0952. The zero-order valence-electron chi connectivity index (χ0n) is 15.4. The first-order valence-corrected chi connectivity index (χ1v) is 10.7. The lowest BCUT2D eigenvalue weighted by molar-refractivity contribution is -0.115. The second-order valence-corrected chi connectivity index (χ2v) is 8.83. The first-order valence-electron chi connectivity index (χ1n) is 8.80. The van der Waals surface area contributed by atoms with Gasteiger partial charge in [0.2, 0.25) is 5.91 Å². The van der Waals surface area contributed by atoms with Gasteiger partial charge in [-0.25, -0.2) is 8.42 Å². The normalized spacial score (nSPS) is 13.0. The number of fused-ring (bicyclic) bond motifs is 1. The molecule has 0 radical (unpaired) electrons. The number of amides is 1. The first-order chi connectivity index (χ1) is 13.8. The summed E-state index contributed by atoms with van der Waals surface area (Å²) in [5.74, 6) is 0.739. The van der Waals surface area contributed by atoms with E-state index in [-0.39, 0.29) is 22.9 Å². The summed E-state index contributed by atoms with van der Waals surface area (Å²) in [5.41, 5.74) is 2.49. The summed E-state index contributed by atoms with van der Waals surface area (Å²) in [4.78, 5) is 11.6. The summed E-state index contributed by atoms with van der Waals surface area (Å²) in [6, 6.07) is 16.6. The van der Waals surface area contributed by atoms with E-state index in [4.69, 9.17) is 16.3 Å². The maximum atomic E-state index is 12.9. The van der Waals surface area contributed by atoms with E-state index in [1.54, 1.807) is 24.3 Å². The van der Waals surface area contributed by atoms with Gasteiger partial charge < -0.3 is 10.1 Å². The lowest BCUT2D eigenvalue weighted by atomic mass is 10.2. The summed E-state index contributed by atoms with van der Waals surface area (Å²) in [5, 5.41) is 3.05. The van der Waals surface area contributed by atoms with Crippen molar-refractivity contribution in [2.75, 3.05) is 10.0 Å². The molecule has 0 spiro atoms. The van der Waals surface area contributed by atoms with Gasteiger partial charge in [0.15, 0.2) is 5.75 Å². The SMILES string of the molecule is Cc1cccc(Oc2ccc(Cl)cc2NS(=O)(=O)c2ccc3c(c2)CC(=O)N3)c1. The molecule has 0 unspecified atom stereocenters. The average Bonchev–Trinajstić information content (AvgIpc) is 3.03. The Labute approximate surface area is 173 Å². The molecule has 0 aliphatic carbocycles. The van der Waals surface area contributed by atoms with Gasteiger partial charge in [0.05, 0.1) is 17.0 Å². The highest BCUT2D eigenvalue weighted by Gasteiger charge is 2.23. The zero-order chi connectivity index (χ0) is 20.6. The number of hydrogen-bond acceptors (Lipinski definition) is 4. The van der Waals surface area contributed by atoms with Crippen LogP contribution in [0.3, 0.4) is 0 Å². The van der Waals surface area contributed by atoms with Crippen molar-refractivity contribution in [3.63, 3.8) is 0 Å². The largest absolute Gasteiger partial charge is 0.455 e. The van der Waals surface area contributed by atoms with Gasteiger partial charge in [0.25, 0.3) is 10.0 Å². The van der Waals surface area contributed by atoms with Crippen LogP contribution in [0.4, 0.5) is 11.4 Å². The van der Waals surface area contributed by atoms with Gasteiger partial charge in [-0.15, -0.1) is 0 Å². The van der Waals surface area contributed by atoms with Gasteiger partial charge >= 0.3 is 0 Å². The molecule has 6 nitrogen and oxygen atoms in total. The maximum Gasteiger partial charge on any atom is 0.262 e. The molecule has 2 N–H and O–H groups in total. The number of anilines is 2. The Morgan fingerprint density at radius 3 is 2.69 bits per heavy atom. The molecule has 1 heterocycles. The average molecular weight is 429 g/mol. The standard InChI is InChI=1S/C21H17ClN2O4S/c1-13-3-2-4-16(9-13)28-20-8-5-15(22)12-19(20)24-29(26,27)17-6-7-18-14(10-17)11-21(25)23-18/h2-10,12,24H,11H2,1H3,(H,23,25). The van der Waals surface area contributed by atoms with Crippen molar-refractivity contribution in [1.29, 1.82) is 0 Å². The van der Waals surface area contributed by atoms with Gasteiger partial charge in [0.1, 0.15) is 5.75 Å². The van der Waals surface area contributed by atoms with E-state index in [1.807, 2.05) is 25.1 Å². The molecule has 3 aromatic carbocycles. The Kier molecular flexibility index (Phi) is 4.94. The zero-order valence-corrected chi connectivity index (χ0v) is 17.0.